The van der Waals surface area contributed by atoms with Gasteiger partial charge in [-0.3, -0.25) is 9.48 Å². The number of rotatable bonds is 3. The minimum atomic E-state index is -0.807. The van der Waals surface area contributed by atoms with Crippen molar-refractivity contribution < 1.29 is 9.90 Å². The number of aromatic nitrogens is 2. The Labute approximate surface area is 93.5 Å². The molecule has 1 aromatic heterocycles. The summed E-state index contributed by atoms with van der Waals surface area (Å²) < 4.78 is 1.83. The van der Waals surface area contributed by atoms with E-state index in [-0.39, 0.29) is 6.42 Å². The Hall–Kier alpha value is -1.84. The van der Waals surface area contributed by atoms with Crippen molar-refractivity contribution in [3.63, 3.8) is 0 Å². The number of aliphatic carboxylic acids is 1. The van der Waals surface area contributed by atoms with Crippen molar-refractivity contribution in [2.75, 3.05) is 0 Å². The minimum absolute atomic E-state index is 0.0516. The van der Waals surface area contributed by atoms with Gasteiger partial charge >= 0.3 is 5.97 Å². The maximum Gasteiger partial charge on any atom is 0.307 e. The number of hydrogen-bond acceptors (Lipinski definition) is 2. The fraction of sp³-hybridized carbons (Fsp3) is 0.333. The van der Waals surface area contributed by atoms with Gasteiger partial charge in [-0.05, 0) is 18.1 Å². The molecule has 0 amide bonds. The molecule has 0 spiro atoms. The first-order chi connectivity index (χ1) is 7.63. The van der Waals surface area contributed by atoms with Crippen LogP contribution in [0.5, 0.6) is 0 Å². The fourth-order valence-corrected chi connectivity index (χ4v) is 2.10. The van der Waals surface area contributed by atoms with Crippen LogP contribution in [0.2, 0.25) is 0 Å². The van der Waals surface area contributed by atoms with Gasteiger partial charge in [0.2, 0.25) is 0 Å². The van der Waals surface area contributed by atoms with Crippen molar-refractivity contribution in [2.45, 2.75) is 19.8 Å². The average molecular weight is 218 g/mol. The Morgan fingerprint density at radius 1 is 1.50 bits per heavy atom. The van der Waals surface area contributed by atoms with E-state index in [1.807, 2.05) is 36.9 Å². The van der Waals surface area contributed by atoms with E-state index in [2.05, 4.69) is 5.10 Å². The lowest BCUT2D eigenvalue weighted by atomic mass is 10.0. The van der Waals surface area contributed by atoms with Gasteiger partial charge in [-0.25, -0.2) is 0 Å². The Kier molecular flexibility index (Phi) is 2.64. The molecular formula is C12H14N2O2. The molecule has 16 heavy (non-hydrogen) atoms. The Morgan fingerprint density at radius 2 is 2.25 bits per heavy atom. The second-order valence-electron chi connectivity index (χ2n) is 3.81. The van der Waals surface area contributed by atoms with Crippen LogP contribution in [0, 0.1) is 0 Å². The van der Waals surface area contributed by atoms with Crippen molar-refractivity contribution in [3.05, 3.63) is 29.5 Å². The molecule has 0 radical (unpaired) electrons. The predicted octanol–water partition coefficient (Wildman–Crippen LogP) is 1.76. The maximum absolute atomic E-state index is 10.8. The summed E-state index contributed by atoms with van der Waals surface area (Å²) in [5, 5.41) is 14.2. The summed E-state index contributed by atoms with van der Waals surface area (Å²) in [6.07, 6.45) is 0.902. The number of nitrogens with zero attached hydrogens (tertiary/aromatic N) is 2. The highest BCUT2D eigenvalue weighted by Gasteiger charge is 2.12. The summed E-state index contributed by atoms with van der Waals surface area (Å²) in [5.74, 6) is -0.807. The molecule has 0 unspecified atom stereocenters. The second-order valence-corrected chi connectivity index (χ2v) is 3.81. The third-order valence-electron chi connectivity index (χ3n) is 2.74. The van der Waals surface area contributed by atoms with E-state index in [0.29, 0.717) is 0 Å². The zero-order chi connectivity index (χ0) is 11.7. The van der Waals surface area contributed by atoms with Crippen molar-refractivity contribution in [2.24, 2.45) is 7.05 Å². The van der Waals surface area contributed by atoms with Gasteiger partial charge in [0.25, 0.3) is 0 Å². The van der Waals surface area contributed by atoms with Gasteiger partial charge in [0, 0.05) is 18.1 Å². The van der Waals surface area contributed by atoms with E-state index in [0.717, 1.165) is 28.6 Å². The molecule has 0 aliphatic carbocycles. The van der Waals surface area contributed by atoms with E-state index in [1.165, 1.54) is 0 Å². The third kappa shape index (κ3) is 1.66. The van der Waals surface area contributed by atoms with Gasteiger partial charge in [-0.15, -0.1) is 0 Å². The van der Waals surface area contributed by atoms with E-state index < -0.39 is 5.97 Å². The van der Waals surface area contributed by atoms with E-state index in [9.17, 15) is 4.79 Å². The molecule has 84 valence electrons. The summed E-state index contributed by atoms with van der Waals surface area (Å²) >= 11 is 0. The number of aryl methyl sites for hydroxylation is 2. The number of fused-ring (bicyclic) bond motifs is 1. The van der Waals surface area contributed by atoms with Crippen molar-refractivity contribution in [1.82, 2.24) is 9.78 Å². The number of benzene rings is 1. The molecule has 0 fully saturated rings. The van der Waals surface area contributed by atoms with E-state index in [4.69, 9.17) is 5.11 Å². The zero-order valence-corrected chi connectivity index (χ0v) is 9.40. The van der Waals surface area contributed by atoms with Gasteiger partial charge in [-0.2, -0.15) is 5.10 Å². The van der Waals surface area contributed by atoms with Gasteiger partial charge < -0.3 is 5.11 Å². The molecule has 4 nitrogen and oxygen atoms in total. The summed E-state index contributed by atoms with van der Waals surface area (Å²) in [5.41, 5.74) is 2.81. The molecule has 0 saturated carbocycles. The molecule has 0 bridgehead atoms. The van der Waals surface area contributed by atoms with Crippen molar-refractivity contribution in [3.8, 4) is 0 Å². The lowest BCUT2D eigenvalue weighted by Crippen LogP contribution is -2.02. The minimum Gasteiger partial charge on any atom is -0.481 e. The molecule has 2 rings (SSSR count). The number of hydrogen-bond donors (Lipinski definition) is 1. The number of carbonyl (C=O) groups is 1. The third-order valence-corrected chi connectivity index (χ3v) is 2.74. The van der Waals surface area contributed by atoms with Crippen LogP contribution >= 0.6 is 0 Å². The Morgan fingerprint density at radius 3 is 2.88 bits per heavy atom. The average Bonchev–Trinajstić information content (AvgIpc) is 2.53. The van der Waals surface area contributed by atoms with Crippen LogP contribution in [0.4, 0.5) is 0 Å². The highest BCUT2D eigenvalue weighted by Crippen LogP contribution is 2.23. The lowest BCUT2D eigenvalue weighted by Gasteiger charge is -2.02. The highest BCUT2D eigenvalue weighted by molar-refractivity contribution is 5.88. The maximum atomic E-state index is 10.8. The van der Waals surface area contributed by atoms with Crippen LogP contribution in [0.3, 0.4) is 0 Å². The summed E-state index contributed by atoms with van der Waals surface area (Å²) in [4.78, 5) is 10.8. The summed E-state index contributed by atoms with van der Waals surface area (Å²) in [6, 6.07) is 5.63. The predicted molar refractivity (Wildman–Crippen MR) is 61.4 cm³/mol. The molecule has 1 heterocycles. The quantitative estimate of drug-likeness (QED) is 0.854. The van der Waals surface area contributed by atoms with Crippen molar-refractivity contribution >= 4 is 16.9 Å². The van der Waals surface area contributed by atoms with Crippen LogP contribution in [0.25, 0.3) is 10.9 Å². The molecule has 2 aromatic rings. The monoisotopic (exact) mass is 218 g/mol. The van der Waals surface area contributed by atoms with Crippen LogP contribution < -0.4 is 0 Å². The van der Waals surface area contributed by atoms with Gasteiger partial charge in [0.1, 0.15) is 0 Å². The molecule has 0 aliphatic rings. The lowest BCUT2D eigenvalue weighted by molar-refractivity contribution is -0.136. The molecular weight excluding hydrogens is 204 g/mol. The molecule has 0 aliphatic heterocycles. The number of carboxylic acid groups (broad SMARTS) is 1. The van der Waals surface area contributed by atoms with E-state index >= 15 is 0 Å². The molecule has 0 saturated heterocycles. The van der Waals surface area contributed by atoms with Crippen LogP contribution in [0.15, 0.2) is 18.2 Å². The molecule has 0 atom stereocenters. The standard InChI is InChI=1S/C12H14N2O2/c1-3-10-12-8(7-11(15)16)5-4-6-9(12)13-14(10)2/h4-6H,3,7H2,1-2H3,(H,15,16). The highest BCUT2D eigenvalue weighted by atomic mass is 16.4. The van der Waals surface area contributed by atoms with Gasteiger partial charge in [-0.1, -0.05) is 19.1 Å². The van der Waals surface area contributed by atoms with Crippen molar-refractivity contribution in [1.29, 1.82) is 0 Å². The fourth-order valence-electron chi connectivity index (χ4n) is 2.10. The topological polar surface area (TPSA) is 55.1 Å². The number of carboxylic acids is 1. The largest absolute Gasteiger partial charge is 0.481 e. The normalized spacial score (nSPS) is 10.9. The first-order valence-corrected chi connectivity index (χ1v) is 5.28. The van der Waals surface area contributed by atoms with E-state index in [1.54, 1.807) is 0 Å². The second kappa shape index (κ2) is 3.96. The summed E-state index contributed by atoms with van der Waals surface area (Å²) in [7, 11) is 1.89. The SMILES string of the molecule is CCc1c2c(CC(=O)O)cccc2nn1C. The summed E-state index contributed by atoms with van der Waals surface area (Å²) in [6.45, 7) is 2.05. The Bertz CT molecular complexity index is 543. The first kappa shape index (κ1) is 10.7. The van der Waals surface area contributed by atoms with Gasteiger partial charge in [0.05, 0.1) is 11.9 Å². The Balaban J connectivity index is 2.68. The van der Waals surface area contributed by atoms with Gasteiger partial charge in [0.15, 0.2) is 0 Å². The first-order valence-electron chi connectivity index (χ1n) is 5.28. The molecule has 1 aromatic carbocycles. The van der Waals surface area contributed by atoms with Crippen LogP contribution in [-0.2, 0) is 24.7 Å². The van der Waals surface area contributed by atoms with Crippen LogP contribution in [0.1, 0.15) is 18.2 Å². The van der Waals surface area contributed by atoms with Crippen LogP contribution in [-0.4, -0.2) is 20.9 Å². The zero-order valence-electron chi connectivity index (χ0n) is 9.40. The smallest absolute Gasteiger partial charge is 0.307 e. The molecule has 1 N–H and O–H groups in total. The molecule has 4 heteroatoms.